The van der Waals surface area contributed by atoms with Crippen LogP contribution < -0.4 is 10.6 Å². The minimum absolute atomic E-state index is 0.148. The molecule has 0 spiro atoms. The van der Waals surface area contributed by atoms with Gasteiger partial charge in [0, 0.05) is 37.8 Å². The van der Waals surface area contributed by atoms with E-state index in [2.05, 4.69) is 14.8 Å². The molecule has 0 atom stereocenters. The van der Waals surface area contributed by atoms with Crippen molar-refractivity contribution in [1.82, 2.24) is 9.88 Å². The molecule has 1 amide bonds. The number of hydrogen-bond donors (Lipinski definition) is 1. The summed E-state index contributed by atoms with van der Waals surface area (Å²) >= 11 is 6.28. The Kier molecular flexibility index (Phi) is 4.76. The summed E-state index contributed by atoms with van der Waals surface area (Å²) in [5, 5.41) is 0.592. The average molecular weight is 363 g/mol. The smallest absolute Gasteiger partial charge is 0.226 e. The Hall–Kier alpha value is -1.49. The number of nitrogen functional groups attached to an aromatic ring is 1. The molecule has 6 heteroatoms. The molecule has 5 rings (SSSR count). The predicted molar refractivity (Wildman–Crippen MR) is 101 cm³/mol. The second-order valence-corrected chi connectivity index (χ2v) is 8.22. The summed E-state index contributed by atoms with van der Waals surface area (Å²) in [7, 11) is 0. The lowest BCUT2D eigenvalue weighted by Crippen LogP contribution is -2.46. The second kappa shape index (κ2) is 7.02. The lowest BCUT2D eigenvalue weighted by molar-refractivity contribution is -0.138. The quantitative estimate of drug-likeness (QED) is 0.876. The largest absolute Gasteiger partial charge is 0.396 e. The molecule has 3 aliphatic heterocycles. The molecule has 1 aliphatic carbocycles. The average Bonchev–Trinajstić information content (AvgIpc) is 2.95. The van der Waals surface area contributed by atoms with Crippen LogP contribution in [0, 0.1) is 11.8 Å². The summed E-state index contributed by atoms with van der Waals surface area (Å²) in [5.41, 5.74) is 7.54. The predicted octanol–water partition coefficient (Wildman–Crippen LogP) is 3.32. The number of carbonyl (C=O) groups is 1. The van der Waals surface area contributed by atoms with Gasteiger partial charge in [0.2, 0.25) is 5.91 Å². The van der Waals surface area contributed by atoms with Crippen molar-refractivity contribution in [2.24, 2.45) is 11.8 Å². The number of halogens is 1. The lowest BCUT2D eigenvalue weighted by Gasteiger charge is -2.38. The zero-order valence-electron chi connectivity index (χ0n) is 14.7. The molecule has 5 nitrogen and oxygen atoms in total. The minimum Gasteiger partial charge on any atom is -0.396 e. The third-order valence-corrected chi connectivity index (χ3v) is 6.66. The van der Waals surface area contributed by atoms with Crippen LogP contribution in [0.2, 0.25) is 5.02 Å². The van der Waals surface area contributed by atoms with Crippen molar-refractivity contribution in [3.8, 4) is 0 Å². The molecule has 0 unspecified atom stereocenters. The number of anilines is 2. The highest BCUT2D eigenvalue weighted by molar-refractivity contribution is 6.33. The monoisotopic (exact) mass is 362 g/mol. The van der Waals surface area contributed by atoms with Crippen molar-refractivity contribution in [3.63, 3.8) is 0 Å². The number of piperidine rings is 1. The molecule has 3 saturated heterocycles. The van der Waals surface area contributed by atoms with E-state index < -0.39 is 0 Å². The van der Waals surface area contributed by atoms with E-state index >= 15 is 0 Å². The number of pyridine rings is 1. The summed E-state index contributed by atoms with van der Waals surface area (Å²) in [5.74, 6) is 1.39. The van der Waals surface area contributed by atoms with E-state index in [1.165, 1.54) is 32.1 Å². The molecule has 25 heavy (non-hydrogen) atoms. The Balaban J connectivity index is 1.41. The van der Waals surface area contributed by atoms with Crippen molar-refractivity contribution in [2.45, 2.75) is 51.0 Å². The Morgan fingerprint density at radius 3 is 2.44 bits per heavy atom. The number of hydrogen-bond acceptors (Lipinski definition) is 4. The molecule has 0 aromatic carbocycles. The fourth-order valence-electron chi connectivity index (χ4n) is 4.90. The van der Waals surface area contributed by atoms with Crippen LogP contribution in [0.3, 0.4) is 0 Å². The van der Waals surface area contributed by atoms with E-state index in [4.69, 9.17) is 17.3 Å². The van der Waals surface area contributed by atoms with Crippen molar-refractivity contribution < 1.29 is 4.79 Å². The van der Waals surface area contributed by atoms with Gasteiger partial charge in [-0.25, -0.2) is 0 Å². The third-order valence-electron chi connectivity index (χ3n) is 6.38. The lowest BCUT2D eigenvalue weighted by atomic mass is 9.86. The molecule has 0 radical (unpaired) electrons. The van der Waals surface area contributed by atoms with Gasteiger partial charge < -0.3 is 15.5 Å². The summed E-state index contributed by atoms with van der Waals surface area (Å²) < 4.78 is 0. The van der Waals surface area contributed by atoms with Gasteiger partial charge in [-0.2, -0.15) is 0 Å². The first-order chi connectivity index (χ1) is 12.1. The topological polar surface area (TPSA) is 62.5 Å². The number of rotatable bonds is 2. The van der Waals surface area contributed by atoms with Gasteiger partial charge in [-0.1, -0.05) is 11.6 Å². The Bertz CT molecular complexity index is 616. The Labute approximate surface area is 154 Å². The standard InChI is InChI=1S/C19H27ClN4O/c20-16-11-22-12-17(21)18(16)23-8-6-14(7-9-23)19(25)24-10-5-13-1-3-15(24)4-2-13/h11-15H,1-10,21H2. The maximum absolute atomic E-state index is 13.1. The highest BCUT2D eigenvalue weighted by Gasteiger charge is 2.37. The fourth-order valence-corrected chi connectivity index (χ4v) is 5.19. The van der Waals surface area contributed by atoms with E-state index in [0.29, 0.717) is 22.7 Å². The maximum Gasteiger partial charge on any atom is 0.226 e. The van der Waals surface area contributed by atoms with Crippen LogP contribution in [0.4, 0.5) is 11.4 Å². The highest BCUT2D eigenvalue weighted by atomic mass is 35.5. The van der Waals surface area contributed by atoms with Crippen molar-refractivity contribution in [3.05, 3.63) is 17.4 Å². The summed E-state index contributed by atoms with van der Waals surface area (Å²) in [6.45, 7) is 2.62. The van der Waals surface area contributed by atoms with E-state index in [1.54, 1.807) is 12.4 Å². The zero-order valence-corrected chi connectivity index (χ0v) is 15.4. The van der Waals surface area contributed by atoms with Gasteiger partial charge in [-0.15, -0.1) is 0 Å². The molecule has 136 valence electrons. The molecule has 4 aliphatic rings. The molecule has 1 saturated carbocycles. The number of fused-ring (bicyclic) bond motifs is 4. The number of nitrogens with two attached hydrogens (primary N) is 1. The first-order valence-corrected chi connectivity index (χ1v) is 9.95. The van der Waals surface area contributed by atoms with Crippen LogP contribution in [0.15, 0.2) is 12.4 Å². The summed E-state index contributed by atoms with van der Waals surface area (Å²) in [6, 6.07) is 0.495. The van der Waals surface area contributed by atoms with E-state index in [1.807, 2.05) is 0 Å². The second-order valence-electron chi connectivity index (χ2n) is 7.82. The van der Waals surface area contributed by atoms with Crippen LogP contribution in [0.5, 0.6) is 0 Å². The molecular formula is C19H27ClN4O. The summed E-state index contributed by atoms with van der Waals surface area (Å²) in [4.78, 5) is 21.6. The molecular weight excluding hydrogens is 336 g/mol. The molecule has 1 aromatic heterocycles. The van der Waals surface area contributed by atoms with E-state index in [-0.39, 0.29) is 5.92 Å². The van der Waals surface area contributed by atoms with Gasteiger partial charge in [-0.05, 0) is 50.9 Å². The van der Waals surface area contributed by atoms with Gasteiger partial charge in [0.25, 0.3) is 0 Å². The van der Waals surface area contributed by atoms with Gasteiger partial charge in [-0.3, -0.25) is 9.78 Å². The van der Waals surface area contributed by atoms with Gasteiger partial charge >= 0.3 is 0 Å². The fraction of sp³-hybridized carbons (Fsp3) is 0.684. The van der Waals surface area contributed by atoms with Crippen LogP contribution in [0.25, 0.3) is 0 Å². The van der Waals surface area contributed by atoms with Crippen molar-refractivity contribution in [2.75, 3.05) is 30.3 Å². The molecule has 4 heterocycles. The van der Waals surface area contributed by atoms with E-state index in [9.17, 15) is 4.79 Å². The van der Waals surface area contributed by atoms with Gasteiger partial charge in [0.05, 0.1) is 22.6 Å². The van der Waals surface area contributed by atoms with Gasteiger partial charge in [0.15, 0.2) is 0 Å². The van der Waals surface area contributed by atoms with Crippen LogP contribution >= 0.6 is 11.6 Å². The number of nitrogens with zero attached hydrogens (tertiary/aromatic N) is 3. The SMILES string of the molecule is Nc1cncc(Cl)c1N1CCC(C(=O)N2CCC3CCC2CC3)CC1. The van der Waals surface area contributed by atoms with Crippen LogP contribution in [0.1, 0.15) is 44.9 Å². The zero-order chi connectivity index (χ0) is 17.4. The molecule has 2 N–H and O–H groups in total. The first kappa shape index (κ1) is 17.0. The van der Waals surface area contributed by atoms with E-state index in [0.717, 1.165) is 44.1 Å². The van der Waals surface area contributed by atoms with Crippen molar-refractivity contribution in [1.29, 1.82) is 0 Å². The first-order valence-electron chi connectivity index (χ1n) is 9.58. The minimum atomic E-state index is 0.148. The summed E-state index contributed by atoms with van der Waals surface area (Å²) in [6.07, 6.45) is 11.3. The molecule has 1 aromatic rings. The molecule has 2 bridgehead atoms. The molecule has 4 fully saturated rings. The van der Waals surface area contributed by atoms with Crippen molar-refractivity contribution >= 4 is 28.9 Å². The van der Waals surface area contributed by atoms with Crippen LogP contribution in [-0.4, -0.2) is 41.5 Å². The number of amides is 1. The number of carbonyl (C=O) groups excluding carboxylic acids is 1. The van der Waals surface area contributed by atoms with Gasteiger partial charge in [0.1, 0.15) is 0 Å². The number of aromatic nitrogens is 1. The maximum atomic E-state index is 13.1. The Morgan fingerprint density at radius 2 is 1.76 bits per heavy atom. The van der Waals surface area contributed by atoms with Crippen LogP contribution in [-0.2, 0) is 4.79 Å². The highest BCUT2D eigenvalue weighted by Crippen LogP contribution is 2.37. The third kappa shape index (κ3) is 3.31. The Morgan fingerprint density at radius 1 is 1.04 bits per heavy atom. The normalized spacial score (nSPS) is 27.4.